The van der Waals surface area contributed by atoms with E-state index in [-0.39, 0.29) is 0 Å². The van der Waals surface area contributed by atoms with Gasteiger partial charge in [-0.2, -0.15) is 0 Å². The first-order valence-corrected chi connectivity index (χ1v) is 6.91. The molecule has 0 aliphatic rings. The van der Waals surface area contributed by atoms with Crippen LogP contribution >= 0.6 is 0 Å². The Labute approximate surface area is 103 Å². The molecule has 0 aromatic heterocycles. The predicted octanol–water partition coefficient (Wildman–Crippen LogP) is 1.95. The summed E-state index contributed by atoms with van der Waals surface area (Å²) in [5, 5.41) is 0. The molecule has 0 unspecified atom stereocenters. The summed E-state index contributed by atoms with van der Waals surface area (Å²) in [4.78, 5) is 0.337. The van der Waals surface area contributed by atoms with Gasteiger partial charge >= 0.3 is 0 Å². The van der Waals surface area contributed by atoms with Gasteiger partial charge in [0, 0.05) is 14.1 Å². The van der Waals surface area contributed by atoms with E-state index < -0.39 is 10.0 Å². The zero-order chi connectivity index (χ0) is 13.2. The summed E-state index contributed by atoms with van der Waals surface area (Å²) in [5.41, 5.74) is 1.53. The number of nitrogens with zero attached hydrogens (tertiary/aromatic N) is 1. The first-order valence-electron chi connectivity index (χ1n) is 5.47. The Hall–Kier alpha value is -1.07. The standard InChI is InChI=1S/C12H19NO3S/c1-6-16-11-7-10(3)12(8-9(11)2)17(14,15)13(4)5/h7-8H,6H2,1-5H3. The van der Waals surface area contributed by atoms with E-state index in [4.69, 9.17) is 4.74 Å². The Balaban J connectivity index is 3.35. The molecular weight excluding hydrogens is 238 g/mol. The normalized spacial score (nSPS) is 11.9. The third-order valence-corrected chi connectivity index (χ3v) is 4.49. The number of hydrogen-bond acceptors (Lipinski definition) is 3. The van der Waals surface area contributed by atoms with Gasteiger partial charge in [-0.25, -0.2) is 12.7 Å². The molecule has 0 N–H and O–H groups in total. The Morgan fingerprint density at radius 3 is 2.24 bits per heavy atom. The minimum absolute atomic E-state index is 0.337. The molecule has 0 bridgehead atoms. The monoisotopic (exact) mass is 257 g/mol. The van der Waals surface area contributed by atoms with Crippen LogP contribution in [0.4, 0.5) is 0 Å². The summed E-state index contributed by atoms with van der Waals surface area (Å²) < 4.78 is 30.8. The molecular formula is C12H19NO3S. The summed E-state index contributed by atoms with van der Waals surface area (Å²) in [5.74, 6) is 0.739. The summed E-state index contributed by atoms with van der Waals surface area (Å²) in [6.07, 6.45) is 0. The van der Waals surface area contributed by atoms with Crippen LogP contribution in [0.1, 0.15) is 18.1 Å². The second kappa shape index (κ2) is 5.06. The largest absolute Gasteiger partial charge is 0.494 e. The summed E-state index contributed by atoms with van der Waals surface area (Å²) in [6, 6.07) is 3.44. The smallest absolute Gasteiger partial charge is 0.242 e. The maximum absolute atomic E-state index is 12.1. The summed E-state index contributed by atoms with van der Waals surface area (Å²) in [6.45, 7) is 6.09. The zero-order valence-electron chi connectivity index (χ0n) is 10.9. The zero-order valence-corrected chi connectivity index (χ0v) is 11.8. The number of sulfonamides is 1. The molecule has 1 aromatic carbocycles. The molecule has 4 nitrogen and oxygen atoms in total. The van der Waals surface area contributed by atoms with Crippen molar-refractivity contribution in [2.45, 2.75) is 25.7 Å². The van der Waals surface area contributed by atoms with Gasteiger partial charge in [0.1, 0.15) is 5.75 Å². The van der Waals surface area contributed by atoms with E-state index >= 15 is 0 Å². The molecule has 0 amide bonds. The maximum atomic E-state index is 12.1. The number of ether oxygens (including phenoxy) is 1. The van der Waals surface area contributed by atoms with Gasteiger partial charge < -0.3 is 4.74 Å². The molecule has 0 aliphatic heterocycles. The highest BCUT2D eigenvalue weighted by molar-refractivity contribution is 7.89. The van der Waals surface area contributed by atoms with E-state index in [1.807, 2.05) is 13.8 Å². The van der Waals surface area contributed by atoms with Crippen molar-refractivity contribution < 1.29 is 13.2 Å². The van der Waals surface area contributed by atoms with Crippen LogP contribution in [-0.2, 0) is 10.0 Å². The van der Waals surface area contributed by atoms with Crippen molar-refractivity contribution in [3.63, 3.8) is 0 Å². The maximum Gasteiger partial charge on any atom is 0.242 e. The topological polar surface area (TPSA) is 46.6 Å². The lowest BCUT2D eigenvalue weighted by Crippen LogP contribution is -2.23. The minimum Gasteiger partial charge on any atom is -0.494 e. The quantitative estimate of drug-likeness (QED) is 0.828. The lowest BCUT2D eigenvalue weighted by Gasteiger charge is -2.16. The molecule has 0 fully saturated rings. The summed E-state index contributed by atoms with van der Waals surface area (Å²) >= 11 is 0. The lowest BCUT2D eigenvalue weighted by molar-refractivity contribution is 0.337. The van der Waals surface area contributed by atoms with Crippen molar-refractivity contribution in [2.24, 2.45) is 0 Å². The molecule has 17 heavy (non-hydrogen) atoms. The molecule has 0 saturated heterocycles. The van der Waals surface area contributed by atoms with Crippen LogP contribution in [0.3, 0.4) is 0 Å². The number of rotatable bonds is 4. The molecule has 0 atom stereocenters. The Kier molecular flexibility index (Phi) is 4.16. The van der Waals surface area contributed by atoms with Gasteiger partial charge in [0.15, 0.2) is 0 Å². The number of hydrogen-bond donors (Lipinski definition) is 0. The van der Waals surface area contributed by atoms with Crippen LogP contribution in [0.5, 0.6) is 5.75 Å². The van der Waals surface area contributed by atoms with E-state index in [9.17, 15) is 8.42 Å². The van der Waals surface area contributed by atoms with Gasteiger partial charge in [-0.15, -0.1) is 0 Å². The minimum atomic E-state index is -3.38. The molecule has 5 heteroatoms. The van der Waals surface area contributed by atoms with Crippen molar-refractivity contribution in [3.05, 3.63) is 23.3 Å². The predicted molar refractivity (Wildman–Crippen MR) is 68.0 cm³/mol. The van der Waals surface area contributed by atoms with Crippen LogP contribution in [0.25, 0.3) is 0 Å². The van der Waals surface area contributed by atoms with Crippen molar-refractivity contribution in [1.82, 2.24) is 4.31 Å². The van der Waals surface area contributed by atoms with Gasteiger partial charge in [0.2, 0.25) is 10.0 Å². The van der Waals surface area contributed by atoms with Crippen molar-refractivity contribution >= 4 is 10.0 Å². The number of benzene rings is 1. The van der Waals surface area contributed by atoms with Crippen molar-refractivity contribution in [3.8, 4) is 5.75 Å². The first-order chi connectivity index (χ1) is 7.80. The van der Waals surface area contributed by atoms with Crippen LogP contribution < -0.4 is 4.74 Å². The molecule has 96 valence electrons. The third-order valence-electron chi connectivity index (χ3n) is 2.53. The fourth-order valence-corrected chi connectivity index (χ4v) is 2.73. The fraction of sp³-hybridized carbons (Fsp3) is 0.500. The lowest BCUT2D eigenvalue weighted by atomic mass is 10.1. The highest BCUT2D eigenvalue weighted by atomic mass is 32.2. The van der Waals surface area contributed by atoms with E-state index in [1.54, 1.807) is 19.1 Å². The molecule has 1 aromatic rings. The van der Waals surface area contributed by atoms with Gasteiger partial charge in [0.05, 0.1) is 11.5 Å². The van der Waals surface area contributed by atoms with Gasteiger partial charge in [-0.3, -0.25) is 0 Å². The van der Waals surface area contributed by atoms with Crippen LogP contribution in [-0.4, -0.2) is 33.4 Å². The van der Waals surface area contributed by atoms with Gasteiger partial charge in [-0.05, 0) is 44.0 Å². The SMILES string of the molecule is CCOc1cc(C)c(S(=O)(=O)N(C)C)cc1C. The second-order valence-electron chi connectivity index (χ2n) is 4.10. The van der Waals surface area contributed by atoms with Crippen LogP contribution in [0, 0.1) is 13.8 Å². The van der Waals surface area contributed by atoms with Crippen molar-refractivity contribution in [1.29, 1.82) is 0 Å². The summed E-state index contributed by atoms with van der Waals surface area (Å²) in [7, 11) is -0.327. The third kappa shape index (κ3) is 2.79. The van der Waals surface area contributed by atoms with Crippen molar-refractivity contribution in [2.75, 3.05) is 20.7 Å². The molecule has 0 aliphatic carbocycles. The number of aryl methyl sites for hydroxylation is 2. The van der Waals surface area contributed by atoms with E-state index in [0.717, 1.165) is 11.3 Å². The van der Waals surface area contributed by atoms with Gasteiger partial charge in [0.25, 0.3) is 0 Å². The van der Waals surface area contributed by atoms with E-state index in [0.29, 0.717) is 17.1 Å². The van der Waals surface area contributed by atoms with Gasteiger partial charge in [-0.1, -0.05) is 0 Å². The van der Waals surface area contributed by atoms with Crippen LogP contribution in [0.2, 0.25) is 0 Å². The first kappa shape index (κ1) is 14.0. The Bertz CT molecular complexity index is 507. The molecule has 0 saturated carbocycles. The van der Waals surface area contributed by atoms with Crippen LogP contribution in [0.15, 0.2) is 17.0 Å². The highest BCUT2D eigenvalue weighted by Gasteiger charge is 2.21. The van der Waals surface area contributed by atoms with E-state index in [1.165, 1.54) is 18.4 Å². The Morgan fingerprint density at radius 1 is 1.18 bits per heavy atom. The average molecular weight is 257 g/mol. The second-order valence-corrected chi connectivity index (χ2v) is 6.22. The molecule has 0 spiro atoms. The fourth-order valence-electron chi connectivity index (χ4n) is 1.55. The van der Waals surface area contributed by atoms with E-state index in [2.05, 4.69) is 0 Å². The molecule has 0 heterocycles. The molecule has 1 rings (SSSR count). The Morgan fingerprint density at radius 2 is 1.76 bits per heavy atom. The average Bonchev–Trinajstić information content (AvgIpc) is 2.22. The molecule has 0 radical (unpaired) electrons. The highest BCUT2D eigenvalue weighted by Crippen LogP contribution is 2.27.